The fraction of sp³-hybridized carbons (Fsp3) is 0.688. The third-order valence-corrected chi connectivity index (χ3v) is 3.75. The fourth-order valence-corrected chi connectivity index (χ4v) is 2.40. The summed E-state index contributed by atoms with van der Waals surface area (Å²) >= 11 is 0. The summed E-state index contributed by atoms with van der Waals surface area (Å²) in [6, 6.07) is 1.71. The number of carbonyl (C=O) groups excluding carboxylic acids is 1. The smallest absolute Gasteiger partial charge is 0.270 e. The van der Waals surface area contributed by atoms with Crippen LogP contribution in [0.1, 0.15) is 16.2 Å². The molecule has 0 aromatic carbocycles. The lowest BCUT2D eigenvalue weighted by molar-refractivity contribution is 0.0398. The Morgan fingerprint density at radius 3 is 2.75 bits per heavy atom. The Morgan fingerprint density at radius 2 is 2.04 bits per heavy atom. The van der Waals surface area contributed by atoms with Gasteiger partial charge in [-0.3, -0.25) is 9.69 Å². The molecule has 1 aliphatic rings. The van der Waals surface area contributed by atoms with Crippen molar-refractivity contribution in [2.75, 3.05) is 71.9 Å². The monoisotopic (exact) mass is 336 g/mol. The van der Waals surface area contributed by atoms with Gasteiger partial charge in [-0.1, -0.05) is 0 Å². The van der Waals surface area contributed by atoms with E-state index in [4.69, 9.17) is 4.74 Å². The zero-order valence-electron chi connectivity index (χ0n) is 14.8. The van der Waals surface area contributed by atoms with Gasteiger partial charge in [0.1, 0.15) is 5.69 Å². The minimum Gasteiger partial charge on any atom is -0.379 e. The maximum atomic E-state index is 12.2. The molecule has 0 unspecified atom stereocenters. The van der Waals surface area contributed by atoms with Crippen LogP contribution in [0.15, 0.2) is 6.07 Å². The summed E-state index contributed by atoms with van der Waals surface area (Å²) in [6.07, 6.45) is 0. The van der Waals surface area contributed by atoms with Gasteiger partial charge in [0.25, 0.3) is 5.91 Å². The molecule has 1 aromatic rings. The van der Waals surface area contributed by atoms with Gasteiger partial charge in [-0.25, -0.2) is 9.97 Å². The number of aryl methyl sites for hydroxylation is 1. The second-order valence-electron chi connectivity index (χ2n) is 6.16. The number of hydrogen-bond acceptors (Lipinski definition) is 7. The molecule has 1 aromatic heterocycles. The van der Waals surface area contributed by atoms with Gasteiger partial charge >= 0.3 is 0 Å². The molecule has 24 heavy (non-hydrogen) atoms. The van der Waals surface area contributed by atoms with Crippen molar-refractivity contribution in [1.29, 1.82) is 0 Å². The SMILES string of the molecule is Cc1cc(C(=O)NCCN(C)C)nc(NCCN2CCOCC2)n1. The van der Waals surface area contributed by atoms with Gasteiger partial charge < -0.3 is 20.3 Å². The lowest BCUT2D eigenvalue weighted by Gasteiger charge is -2.26. The van der Waals surface area contributed by atoms with E-state index in [0.717, 1.165) is 51.6 Å². The van der Waals surface area contributed by atoms with Gasteiger partial charge in [-0.15, -0.1) is 0 Å². The van der Waals surface area contributed by atoms with Crippen LogP contribution in [-0.2, 0) is 4.74 Å². The van der Waals surface area contributed by atoms with Crippen LogP contribution < -0.4 is 10.6 Å². The van der Waals surface area contributed by atoms with E-state index in [2.05, 4.69) is 25.5 Å². The van der Waals surface area contributed by atoms with E-state index in [9.17, 15) is 4.79 Å². The van der Waals surface area contributed by atoms with Crippen LogP contribution >= 0.6 is 0 Å². The van der Waals surface area contributed by atoms with Crippen LogP contribution in [0.5, 0.6) is 0 Å². The van der Waals surface area contributed by atoms with Crippen molar-refractivity contribution >= 4 is 11.9 Å². The van der Waals surface area contributed by atoms with Crippen molar-refractivity contribution in [2.45, 2.75) is 6.92 Å². The highest BCUT2D eigenvalue weighted by Crippen LogP contribution is 2.05. The summed E-state index contributed by atoms with van der Waals surface area (Å²) in [6.45, 7) is 8.39. The average Bonchev–Trinajstić information content (AvgIpc) is 2.55. The molecule has 1 saturated heterocycles. The molecule has 0 bridgehead atoms. The standard InChI is InChI=1S/C16H28N6O2/c1-13-12-14(15(23)17-4-6-21(2)3)20-16(19-13)18-5-7-22-8-10-24-11-9-22/h12H,4-11H2,1-3H3,(H,17,23)(H,18,19,20). The quantitative estimate of drug-likeness (QED) is 0.681. The molecule has 0 aliphatic carbocycles. The van der Waals surface area contributed by atoms with E-state index < -0.39 is 0 Å². The van der Waals surface area contributed by atoms with Crippen LogP contribution in [0, 0.1) is 6.92 Å². The predicted molar refractivity (Wildman–Crippen MR) is 93.4 cm³/mol. The third-order valence-electron chi connectivity index (χ3n) is 3.75. The summed E-state index contributed by atoms with van der Waals surface area (Å²) in [7, 11) is 3.94. The highest BCUT2D eigenvalue weighted by atomic mass is 16.5. The molecule has 0 atom stereocenters. The number of rotatable bonds is 8. The number of hydrogen-bond donors (Lipinski definition) is 2. The van der Waals surface area contributed by atoms with E-state index in [0.29, 0.717) is 18.2 Å². The summed E-state index contributed by atoms with van der Waals surface area (Å²) < 4.78 is 5.33. The first-order valence-electron chi connectivity index (χ1n) is 8.37. The molecule has 8 nitrogen and oxygen atoms in total. The number of anilines is 1. The van der Waals surface area contributed by atoms with Crippen LogP contribution in [0.4, 0.5) is 5.95 Å². The molecule has 2 heterocycles. The van der Waals surface area contributed by atoms with Crippen LogP contribution in [0.25, 0.3) is 0 Å². The molecule has 0 spiro atoms. The number of nitrogens with zero attached hydrogens (tertiary/aromatic N) is 4. The molecule has 2 N–H and O–H groups in total. The molecular formula is C16H28N6O2. The normalized spacial score (nSPS) is 15.5. The molecule has 0 radical (unpaired) electrons. The first kappa shape index (κ1) is 18.6. The summed E-state index contributed by atoms with van der Waals surface area (Å²) in [5, 5.41) is 6.08. The summed E-state index contributed by atoms with van der Waals surface area (Å²) in [5.41, 5.74) is 1.17. The van der Waals surface area contributed by atoms with Gasteiger partial charge in [0.15, 0.2) is 0 Å². The Labute approximate surface area is 143 Å². The van der Waals surface area contributed by atoms with Crippen molar-refractivity contribution in [2.24, 2.45) is 0 Å². The zero-order chi connectivity index (χ0) is 17.4. The topological polar surface area (TPSA) is 82.6 Å². The lowest BCUT2D eigenvalue weighted by Crippen LogP contribution is -2.39. The Hall–Kier alpha value is -1.77. The average molecular weight is 336 g/mol. The van der Waals surface area contributed by atoms with Crippen molar-refractivity contribution in [1.82, 2.24) is 25.1 Å². The largest absolute Gasteiger partial charge is 0.379 e. The van der Waals surface area contributed by atoms with Crippen molar-refractivity contribution in [3.8, 4) is 0 Å². The number of amides is 1. The van der Waals surface area contributed by atoms with E-state index in [1.165, 1.54) is 0 Å². The second kappa shape index (κ2) is 9.51. The van der Waals surface area contributed by atoms with Crippen LogP contribution in [-0.4, -0.2) is 92.3 Å². The first-order chi connectivity index (χ1) is 11.5. The number of ether oxygens (including phenoxy) is 1. The highest BCUT2D eigenvalue weighted by molar-refractivity contribution is 5.92. The van der Waals surface area contributed by atoms with Crippen molar-refractivity contribution < 1.29 is 9.53 Å². The minimum absolute atomic E-state index is 0.168. The Morgan fingerprint density at radius 1 is 1.29 bits per heavy atom. The molecule has 2 rings (SSSR count). The van der Waals surface area contributed by atoms with E-state index >= 15 is 0 Å². The molecule has 1 fully saturated rings. The first-order valence-corrected chi connectivity index (χ1v) is 8.37. The fourth-order valence-electron chi connectivity index (χ4n) is 2.40. The van der Waals surface area contributed by atoms with Crippen LogP contribution in [0.3, 0.4) is 0 Å². The van der Waals surface area contributed by atoms with Crippen molar-refractivity contribution in [3.63, 3.8) is 0 Å². The minimum atomic E-state index is -0.168. The molecule has 134 valence electrons. The second-order valence-corrected chi connectivity index (χ2v) is 6.16. The maximum Gasteiger partial charge on any atom is 0.270 e. The molecule has 1 aliphatic heterocycles. The van der Waals surface area contributed by atoms with Gasteiger partial charge in [-0.2, -0.15) is 0 Å². The predicted octanol–water partition coefficient (Wildman–Crippen LogP) is -0.179. The van der Waals surface area contributed by atoms with Gasteiger partial charge in [0, 0.05) is 45.0 Å². The number of aromatic nitrogens is 2. The maximum absolute atomic E-state index is 12.2. The Kier molecular flexibility index (Phi) is 7.36. The number of carbonyl (C=O) groups is 1. The van der Waals surface area contributed by atoms with Gasteiger partial charge in [0.05, 0.1) is 13.2 Å². The van der Waals surface area contributed by atoms with Gasteiger partial charge in [-0.05, 0) is 27.1 Å². The molecule has 8 heteroatoms. The number of morpholine rings is 1. The van der Waals surface area contributed by atoms with Gasteiger partial charge in [0.2, 0.25) is 5.95 Å². The Balaban J connectivity index is 1.84. The van der Waals surface area contributed by atoms with Crippen LogP contribution in [0.2, 0.25) is 0 Å². The molecule has 0 saturated carbocycles. The third kappa shape index (κ3) is 6.38. The van der Waals surface area contributed by atoms with E-state index in [1.54, 1.807) is 6.07 Å². The summed E-state index contributed by atoms with van der Waals surface area (Å²) in [4.78, 5) is 25.2. The zero-order valence-corrected chi connectivity index (χ0v) is 14.8. The number of nitrogens with one attached hydrogen (secondary N) is 2. The van der Waals surface area contributed by atoms with E-state index in [-0.39, 0.29) is 5.91 Å². The number of likely N-dealkylation sites (N-methyl/N-ethyl adjacent to an activating group) is 1. The van der Waals surface area contributed by atoms with E-state index in [1.807, 2.05) is 25.9 Å². The highest BCUT2D eigenvalue weighted by Gasteiger charge is 2.12. The van der Waals surface area contributed by atoms with Crippen molar-refractivity contribution in [3.05, 3.63) is 17.5 Å². The molecule has 1 amide bonds. The molecular weight excluding hydrogens is 308 g/mol. The lowest BCUT2D eigenvalue weighted by atomic mass is 10.3. The summed E-state index contributed by atoms with van der Waals surface area (Å²) in [5.74, 6) is 0.333. The Bertz CT molecular complexity index is 531.